The van der Waals surface area contributed by atoms with Crippen molar-refractivity contribution in [2.24, 2.45) is 41.4 Å². The van der Waals surface area contributed by atoms with Gasteiger partial charge < -0.3 is 71.6 Å². The summed E-state index contributed by atoms with van der Waals surface area (Å²) < 4.78 is 88.2. The second kappa shape index (κ2) is 32.9. The second-order valence-corrected chi connectivity index (χ2v) is 25.4. The van der Waals surface area contributed by atoms with E-state index in [1.54, 1.807) is 4.90 Å². The molecule has 0 radical (unpaired) electrons. The molecule has 0 aliphatic carbocycles. The van der Waals surface area contributed by atoms with Crippen LogP contribution in [0.1, 0.15) is 115 Å². The standard InChI is InChI=1S/C73H97NO15/c1-9-59-51(6)63(75)52(7)70(82-59)88-66-53(8)71(85-62-46-80-72(89-67(62)66)58-36-24-14-25-37-58)87-65-48(3)50(5)69(84-61(65)45-78-42-56-32-20-12-21-33-56)86-64-47(2)49(4)68(83-60(64)44-77-41-55-30-18-11-19-31-55)79-39-27-15-26-38-74(40-54-28-16-10-17-29-54)73(76)81-43-57-34-22-13-23-35-57/h10-14,16-25,28-37,47-53,59-72,75H,9,15,26-27,38-46H2,1-8H3/t47-,48-,49?,50?,51+,52?,53?,59?,60?,61?,62?,63+,64+,65-,66-,67+,68-,69+,70+,71-,72?/m1/s1. The number of rotatable bonds is 27. The van der Waals surface area contributed by atoms with Gasteiger partial charge in [-0.1, -0.05) is 207 Å². The van der Waals surface area contributed by atoms with E-state index < -0.39 is 80.3 Å². The Bertz CT molecular complexity index is 2820. The van der Waals surface area contributed by atoms with E-state index in [9.17, 15) is 9.90 Å². The van der Waals surface area contributed by atoms with Gasteiger partial charge in [0.15, 0.2) is 31.5 Å². The van der Waals surface area contributed by atoms with Gasteiger partial charge in [0.2, 0.25) is 0 Å². The lowest BCUT2D eigenvalue weighted by molar-refractivity contribution is -0.394. The number of fused-ring (bicyclic) bond motifs is 1. The van der Waals surface area contributed by atoms with Crippen LogP contribution in [0.5, 0.6) is 0 Å². The van der Waals surface area contributed by atoms with Crippen molar-refractivity contribution >= 4 is 6.09 Å². The lowest BCUT2D eigenvalue weighted by atomic mass is 9.82. The number of carbonyl (C=O) groups excluding carboxylic acids is 1. The van der Waals surface area contributed by atoms with Crippen LogP contribution in [0.3, 0.4) is 0 Å². The molecule has 1 amide bonds. The summed E-state index contributed by atoms with van der Waals surface area (Å²) in [6.07, 6.45) is -4.91. The summed E-state index contributed by atoms with van der Waals surface area (Å²) in [4.78, 5) is 15.3. The number of amides is 1. The third-order valence-corrected chi connectivity index (χ3v) is 19.1. The molecule has 0 bridgehead atoms. The van der Waals surface area contributed by atoms with Crippen LogP contribution in [0.4, 0.5) is 4.79 Å². The Morgan fingerprint density at radius 2 is 0.978 bits per heavy atom. The topological polar surface area (TPSA) is 161 Å². The van der Waals surface area contributed by atoms with Gasteiger partial charge in [-0.3, -0.25) is 0 Å². The molecule has 5 aromatic carbocycles. The van der Waals surface area contributed by atoms with E-state index in [4.69, 9.17) is 61.6 Å². The predicted octanol–water partition coefficient (Wildman–Crippen LogP) is 12.8. The molecule has 5 aliphatic heterocycles. The van der Waals surface area contributed by atoms with Crippen molar-refractivity contribution in [1.82, 2.24) is 4.90 Å². The average Bonchev–Trinajstić information content (AvgIpc) is 3.70. The largest absolute Gasteiger partial charge is 0.445 e. The van der Waals surface area contributed by atoms with E-state index in [-0.39, 0.29) is 80.1 Å². The van der Waals surface area contributed by atoms with Crippen LogP contribution in [0.25, 0.3) is 0 Å². The average molecular weight is 1230 g/mol. The number of aliphatic hydroxyl groups excluding tert-OH is 1. The zero-order valence-corrected chi connectivity index (χ0v) is 53.4. The molecule has 5 fully saturated rings. The first-order valence-electron chi connectivity index (χ1n) is 32.8. The molecule has 5 heterocycles. The molecule has 5 aliphatic rings. The van der Waals surface area contributed by atoms with Crippen LogP contribution >= 0.6 is 0 Å². The fourth-order valence-electron chi connectivity index (χ4n) is 13.1. The van der Waals surface area contributed by atoms with Crippen LogP contribution in [-0.4, -0.2) is 129 Å². The number of benzene rings is 5. The van der Waals surface area contributed by atoms with Crippen LogP contribution in [-0.2, 0) is 87.9 Å². The minimum Gasteiger partial charge on any atom is -0.445 e. The molecule has 5 saturated heterocycles. The first-order valence-corrected chi connectivity index (χ1v) is 32.8. The maximum atomic E-state index is 13.5. The minimum atomic E-state index is -0.775. The van der Waals surface area contributed by atoms with Gasteiger partial charge >= 0.3 is 6.09 Å². The highest BCUT2D eigenvalue weighted by molar-refractivity contribution is 5.67. The Morgan fingerprint density at radius 1 is 0.494 bits per heavy atom. The van der Waals surface area contributed by atoms with Crippen LogP contribution in [0.15, 0.2) is 152 Å². The molecular formula is C73H97NO15. The van der Waals surface area contributed by atoms with Gasteiger partial charge in [0, 0.05) is 54.8 Å². The molecule has 484 valence electrons. The molecule has 9 unspecified atom stereocenters. The highest BCUT2D eigenvalue weighted by Crippen LogP contribution is 2.45. The van der Waals surface area contributed by atoms with Crippen LogP contribution in [0, 0.1) is 41.4 Å². The third-order valence-electron chi connectivity index (χ3n) is 19.1. The minimum absolute atomic E-state index is 0.0315. The molecule has 16 heteroatoms. The number of aliphatic hydroxyl groups is 1. The van der Waals surface area contributed by atoms with E-state index in [0.29, 0.717) is 32.9 Å². The zero-order valence-electron chi connectivity index (χ0n) is 53.4. The van der Waals surface area contributed by atoms with Gasteiger partial charge in [-0.05, 0) is 59.8 Å². The van der Waals surface area contributed by atoms with Gasteiger partial charge in [-0.2, -0.15) is 0 Å². The second-order valence-electron chi connectivity index (χ2n) is 25.4. The first-order chi connectivity index (χ1) is 43.3. The molecule has 10 rings (SSSR count). The smallest absolute Gasteiger partial charge is 0.410 e. The zero-order chi connectivity index (χ0) is 62.2. The van der Waals surface area contributed by atoms with E-state index in [1.165, 1.54) is 0 Å². The summed E-state index contributed by atoms with van der Waals surface area (Å²) in [5.41, 5.74) is 4.99. The van der Waals surface area contributed by atoms with Crippen molar-refractivity contribution in [3.05, 3.63) is 179 Å². The molecule has 0 spiro atoms. The highest BCUT2D eigenvalue weighted by Gasteiger charge is 2.55. The third kappa shape index (κ3) is 17.5. The van der Waals surface area contributed by atoms with E-state index >= 15 is 0 Å². The Hall–Kier alpha value is -5.15. The maximum Gasteiger partial charge on any atom is 0.410 e. The molecule has 16 nitrogen and oxygen atoms in total. The Kier molecular flexibility index (Phi) is 24.7. The molecule has 21 atom stereocenters. The summed E-state index contributed by atoms with van der Waals surface area (Å²) in [6.45, 7) is 20.1. The van der Waals surface area contributed by atoms with Crippen molar-refractivity contribution in [2.75, 3.05) is 33.0 Å². The maximum absolute atomic E-state index is 13.5. The Labute approximate surface area is 528 Å². The summed E-state index contributed by atoms with van der Waals surface area (Å²) in [5, 5.41) is 11.5. The predicted molar refractivity (Wildman–Crippen MR) is 335 cm³/mol. The quantitative estimate of drug-likeness (QED) is 0.0494. The van der Waals surface area contributed by atoms with E-state index in [0.717, 1.165) is 53.5 Å². The summed E-state index contributed by atoms with van der Waals surface area (Å²) >= 11 is 0. The molecule has 0 saturated carbocycles. The van der Waals surface area contributed by atoms with Crippen molar-refractivity contribution in [2.45, 2.75) is 194 Å². The SMILES string of the molecule is CCC1O[C@@H](O[C@@H]2C(C)[C@@H](O[C@H]3C(COCc4ccccc4)O[C@@H](O[C@@H]4C(COCc5ccccc5)O[C@@H](OCCCCCN(Cc5ccccc5)C(=O)OCc5ccccc5)C(C)[C@H]4C)C(C)[C@H]3C)OC3COC(c4ccccc4)O[C@@H]32)C(C)[C@@H](O)[C@H]1C. The van der Waals surface area contributed by atoms with E-state index in [2.05, 4.69) is 65.8 Å². The van der Waals surface area contributed by atoms with Gasteiger partial charge in [0.1, 0.15) is 31.0 Å². The Morgan fingerprint density at radius 3 is 1.55 bits per heavy atom. The van der Waals surface area contributed by atoms with Crippen molar-refractivity contribution < 1.29 is 71.5 Å². The molecule has 1 N–H and O–H groups in total. The van der Waals surface area contributed by atoms with Gasteiger partial charge in [-0.15, -0.1) is 0 Å². The summed E-state index contributed by atoms with van der Waals surface area (Å²) in [5.74, 6) is -1.09. The molecule has 0 aromatic heterocycles. The van der Waals surface area contributed by atoms with Gasteiger partial charge in [0.05, 0.1) is 63.6 Å². The highest BCUT2D eigenvalue weighted by atomic mass is 16.8. The van der Waals surface area contributed by atoms with Gasteiger partial charge in [0.25, 0.3) is 0 Å². The van der Waals surface area contributed by atoms with Crippen molar-refractivity contribution in [3.63, 3.8) is 0 Å². The number of hydrogen-bond acceptors (Lipinski definition) is 15. The van der Waals surface area contributed by atoms with Crippen molar-refractivity contribution in [1.29, 1.82) is 0 Å². The Balaban J connectivity index is 0.821. The lowest BCUT2D eigenvalue weighted by Gasteiger charge is -2.53. The normalized spacial score (nSPS) is 33.9. The number of nitrogens with zero attached hydrogens (tertiary/aromatic N) is 1. The summed E-state index contributed by atoms with van der Waals surface area (Å²) in [6, 6.07) is 49.9. The lowest BCUT2D eigenvalue weighted by Crippen LogP contribution is -2.63. The fraction of sp³-hybridized carbons (Fsp3) is 0.575. The number of hydrogen-bond donors (Lipinski definition) is 1. The van der Waals surface area contributed by atoms with Crippen LogP contribution in [0.2, 0.25) is 0 Å². The molecule has 89 heavy (non-hydrogen) atoms. The van der Waals surface area contributed by atoms with Crippen LogP contribution < -0.4 is 0 Å². The number of ether oxygens (including phenoxy) is 13. The summed E-state index contributed by atoms with van der Waals surface area (Å²) in [7, 11) is 0. The monoisotopic (exact) mass is 1230 g/mol. The fourth-order valence-corrected chi connectivity index (χ4v) is 13.1. The molecular weight excluding hydrogens is 1130 g/mol. The van der Waals surface area contributed by atoms with Gasteiger partial charge in [-0.25, -0.2) is 4.79 Å². The number of unbranched alkanes of at least 4 members (excludes halogenated alkanes) is 2. The number of carbonyl (C=O) groups is 1. The first kappa shape index (κ1) is 66.8. The molecule has 5 aromatic rings. The van der Waals surface area contributed by atoms with Crippen molar-refractivity contribution in [3.8, 4) is 0 Å². The van der Waals surface area contributed by atoms with E-state index in [1.807, 2.05) is 141 Å².